The number of hydrogen-bond donors (Lipinski definition) is 1. The van der Waals surface area contributed by atoms with E-state index in [1.807, 2.05) is 6.92 Å². The first kappa shape index (κ1) is 14.8. The molecule has 0 atom stereocenters. The van der Waals surface area contributed by atoms with E-state index in [0.29, 0.717) is 19.5 Å². The zero-order valence-electron chi connectivity index (χ0n) is 10.5. The molecule has 0 saturated heterocycles. The van der Waals surface area contributed by atoms with Crippen LogP contribution in [0.15, 0.2) is 0 Å². The van der Waals surface area contributed by atoms with Gasteiger partial charge in [0.2, 0.25) is 0 Å². The number of rotatable bonds is 6. The van der Waals surface area contributed by atoms with Gasteiger partial charge in [-0.1, -0.05) is 19.8 Å². The van der Waals surface area contributed by atoms with Crippen LogP contribution in [0.3, 0.4) is 0 Å². The molecule has 5 heteroatoms. The molecular formula is C12H23F3N2. The van der Waals surface area contributed by atoms with E-state index >= 15 is 0 Å². The lowest BCUT2D eigenvalue weighted by molar-refractivity contribution is -0.146. The van der Waals surface area contributed by atoms with Gasteiger partial charge in [-0.25, -0.2) is 0 Å². The molecule has 1 saturated carbocycles. The van der Waals surface area contributed by atoms with Crippen molar-refractivity contribution in [2.45, 2.75) is 57.2 Å². The lowest BCUT2D eigenvalue weighted by atomic mass is 9.94. The maximum atomic E-state index is 12.4. The lowest BCUT2D eigenvalue weighted by Crippen LogP contribution is -2.43. The highest BCUT2D eigenvalue weighted by atomic mass is 19.4. The van der Waals surface area contributed by atoms with Crippen molar-refractivity contribution < 1.29 is 13.2 Å². The summed E-state index contributed by atoms with van der Waals surface area (Å²) < 4.78 is 37.1. The number of halogens is 3. The zero-order valence-corrected chi connectivity index (χ0v) is 10.5. The Balaban J connectivity index is 2.38. The van der Waals surface area contributed by atoms with Crippen LogP contribution in [0, 0.1) is 0 Å². The lowest BCUT2D eigenvalue weighted by Gasteiger charge is -2.29. The molecule has 0 radical (unpaired) electrons. The van der Waals surface area contributed by atoms with Crippen LogP contribution in [0.4, 0.5) is 13.2 Å². The fraction of sp³-hybridized carbons (Fsp3) is 1.00. The van der Waals surface area contributed by atoms with Crippen molar-refractivity contribution in [3.05, 3.63) is 0 Å². The Kier molecular flexibility index (Phi) is 5.25. The molecule has 17 heavy (non-hydrogen) atoms. The number of nitrogens with two attached hydrogens (primary N) is 1. The Bertz CT molecular complexity index is 222. The van der Waals surface area contributed by atoms with Crippen LogP contribution in [-0.2, 0) is 0 Å². The fourth-order valence-electron chi connectivity index (χ4n) is 2.55. The maximum Gasteiger partial charge on any atom is 0.401 e. The summed E-state index contributed by atoms with van der Waals surface area (Å²) in [5.74, 6) is 0. The largest absolute Gasteiger partial charge is 0.401 e. The summed E-state index contributed by atoms with van der Waals surface area (Å²) in [6.07, 6.45) is 1.47. The van der Waals surface area contributed by atoms with Crippen LogP contribution in [0.2, 0.25) is 0 Å². The molecule has 1 aliphatic carbocycles. The summed E-state index contributed by atoms with van der Waals surface area (Å²) in [7, 11) is 0. The molecule has 0 bridgehead atoms. The van der Waals surface area contributed by atoms with Crippen LogP contribution in [0.5, 0.6) is 0 Å². The average molecular weight is 252 g/mol. The van der Waals surface area contributed by atoms with Crippen LogP contribution < -0.4 is 5.73 Å². The molecule has 2 N–H and O–H groups in total. The van der Waals surface area contributed by atoms with Crippen molar-refractivity contribution >= 4 is 0 Å². The summed E-state index contributed by atoms with van der Waals surface area (Å²) in [5.41, 5.74) is 5.95. The standard InChI is InChI=1S/C12H23F3N2/c1-2-8-17(10-12(13,14)15)9-7-11(16)5-3-4-6-11/h2-10,16H2,1H3. The van der Waals surface area contributed by atoms with E-state index in [2.05, 4.69) is 0 Å². The minimum Gasteiger partial charge on any atom is -0.325 e. The van der Waals surface area contributed by atoms with E-state index in [9.17, 15) is 13.2 Å². The molecule has 0 aromatic rings. The zero-order chi connectivity index (χ0) is 12.9. The Hall–Kier alpha value is -0.290. The predicted molar refractivity (Wildman–Crippen MR) is 62.8 cm³/mol. The predicted octanol–water partition coefficient (Wildman–Crippen LogP) is 2.92. The molecule has 0 amide bonds. The van der Waals surface area contributed by atoms with Gasteiger partial charge in [0.05, 0.1) is 6.54 Å². The van der Waals surface area contributed by atoms with Gasteiger partial charge in [0.25, 0.3) is 0 Å². The van der Waals surface area contributed by atoms with Gasteiger partial charge in [-0.2, -0.15) is 13.2 Å². The van der Waals surface area contributed by atoms with Gasteiger partial charge in [0.15, 0.2) is 0 Å². The van der Waals surface area contributed by atoms with Crippen molar-refractivity contribution in [3.63, 3.8) is 0 Å². The molecule has 0 unspecified atom stereocenters. The molecule has 102 valence electrons. The summed E-state index contributed by atoms with van der Waals surface area (Å²) in [6.45, 7) is 2.05. The topological polar surface area (TPSA) is 29.3 Å². The molecule has 2 nitrogen and oxygen atoms in total. The smallest absolute Gasteiger partial charge is 0.325 e. The molecule has 0 spiro atoms. The van der Waals surface area contributed by atoms with Gasteiger partial charge in [-0.3, -0.25) is 4.90 Å². The normalized spacial score (nSPS) is 20.1. The first-order valence-electron chi connectivity index (χ1n) is 6.43. The molecule has 1 rings (SSSR count). The summed E-state index contributed by atoms with van der Waals surface area (Å²) in [6, 6.07) is 0. The van der Waals surface area contributed by atoms with Crippen LogP contribution in [0.1, 0.15) is 45.4 Å². The minimum absolute atomic E-state index is 0.211. The van der Waals surface area contributed by atoms with E-state index in [1.54, 1.807) is 0 Å². The monoisotopic (exact) mass is 252 g/mol. The molecule has 0 aliphatic heterocycles. The summed E-state index contributed by atoms with van der Waals surface area (Å²) >= 11 is 0. The number of alkyl halides is 3. The highest BCUT2D eigenvalue weighted by molar-refractivity contribution is 4.89. The van der Waals surface area contributed by atoms with E-state index < -0.39 is 12.7 Å². The molecule has 0 aromatic carbocycles. The Morgan fingerprint density at radius 1 is 1.18 bits per heavy atom. The second-order valence-electron chi connectivity index (χ2n) is 5.21. The highest BCUT2D eigenvalue weighted by Gasteiger charge is 2.33. The first-order chi connectivity index (χ1) is 7.85. The third-order valence-electron chi connectivity index (χ3n) is 3.47. The summed E-state index contributed by atoms with van der Waals surface area (Å²) in [4.78, 5) is 1.48. The quantitative estimate of drug-likeness (QED) is 0.787. The first-order valence-corrected chi connectivity index (χ1v) is 6.43. The molecule has 1 aliphatic rings. The number of hydrogen-bond acceptors (Lipinski definition) is 2. The Labute approximate surface area is 101 Å². The third-order valence-corrected chi connectivity index (χ3v) is 3.47. The molecular weight excluding hydrogens is 229 g/mol. The maximum absolute atomic E-state index is 12.4. The second-order valence-corrected chi connectivity index (χ2v) is 5.21. The second kappa shape index (κ2) is 6.05. The van der Waals surface area contributed by atoms with E-state index in [1.165, 1.54) is 4.90 Å². The SMILES string of the molecule is CCCN(CCC1(N)CCCC1)CC(F)(F)F. The minimum atomic E-state index is -4.10. The fourth-order valence-corrected chi connectivity index (χ4v) is 2.55. The Morgan fingerprint density at radius 2 is 1.76 bits per heavy atom. The van der Waals surface area contributed by atoms with Crippen molar-refractivity contribution in [2.24, 2.45) is 5.73 Å². The third kappa shape index (κ3) is 5.73. The van der Waals surface area contributed by atoms with Crippen molar-refractivity contribution in [3.8, 4) is 0 Å². The van der Waals surface area contributed by atoms with Crippen LogP contribution in [0.25, 0.3) is 0 Å². The van der Waals surface area contributed by atoms with E-state index in [0.717, 1.165) is 32.1 Å². The Morgan fingerprint density at radius 3 is 2.24 bits per heavy atom. The van der Waals surface area contributed by atoms with Gasteiger partial charge in [0.1, 0.15) is 0 Å². The molecule has 1 fully saturated rings. The molecule has 0 aromatic heterocycles. The summed E-state index contributed by atoms with van der Waals surface area (Å²) in [5, 5.41) is 0. The average Bonchev–Trinajstić information content (AvgIpc) is 2.61. The van der Waals surface area contributed by atoms with Crippen molar-refractivity contribution in [1.29, 1.82) is 0 Å². The van der Waals surface area contributed by atoms with Gasteiger partial charge in [-0.05, 0) is 32.2 Å². The van der Waals surface area contributed by atoms with E-state index in [4.69, 9.17) is 5.73 Å². The molecule has 0 heterocycles. The van der Waals surface area contributed by atoms with Gasteiger partial charge in [0, 0.05) is 12.1 Å². The van der Waals surface area contributed by atoms with Gasteiger partial charge < -0.3 is 5.73 Å². The highest BCUT2D eigenvalue weighted by Crippen LogP contribution is 2.30. The van der Waals surface area contributed by atoms with Crippen molar-refractivity contribution in [2.75, 3.05) is 19.6 Å². The van der Waals surface area contributed by atoms with Crippen LogP contribution in [-0.4, -0.2) is 36.2 Å². The van der Waals surface area contributed by atoms with Gasteiger partial charge in [-0.15, -0.1) is 0 Å². The van der Waals surface area contributed by atoms with Crippen molar-refractivity contribution in [1.82, 2.24) is 4.90 Å². The van der Waals surface area contributed by atoms with Crippen LogP contribution >= 0.6 is 0 Å². The number of nitrogens with zero attached hydrogens (tertiary/aromatic N) is 1. The van der Waals surface area contributed by atoms with E-state index in [-0.39, 0.29) is 5.54 Å². The van der Waals surface area contributed by atoms with Gasteiger partial charge >= 0.3 is 6.18 Å².